The Morgan fingerprint density at radius 3 is 2.67 bits per heavy atom. The third-order valence-corrected chi connectivity index (χ3v) is 3.58. The summed E-state index contributed by atoms with van der Waals surface area (Å²) in [7, 11) is 0. The molecule has 0 radical (unpaired) electrons. The van der Waals surface area contributed by atoms with Crippen molar-refractivity contribution < 1.29 is 14.6 Å². The number of carbonyl (C=O) groups is 1. The molecule has 2 rings (SSSR count). The molecule has 0 atom stereocenters. The molecule has 1 N–H and O–H groups in total. The van der Waals surface area contributed by atoms with E-state index in [1.54, 1.807) is 0 Å². The molecule has 0 unspecified atom stereocenters. The van der Waals surface area contributed by atoms with Crippen molar-refractivity contribution in [2.75, 3.05) is 24.6 Å². The van der Waals surface area contributed by atoms with Crippen molar-refractivity contribution >= 4 is 11.8 Å². The first kappa shape index (κ1) is 15.7. The van der Waals surface area contributed by atoms with Crippen LogP contribution in [0.1, 0.15) is 44.1 Å². The van der Waals surface area contributed by atoms with Crippen molar-refractivity contribution in [1.82, 2.24) is 9.97 Å². The molecular formula is C15H23N3O3. The predicted octanol–water partition coefficient (Wildman–Crippen LogP) is 1.98. The molecule has 1 aromatic heterocycles. The minimum absolute atomic E-state index is 0.0323. The van der Waals surface area contributed by atoms with Gasteiger partial charge in [0.2, 0.25) is 0 Å². The van der Waals surface area contributed by atoms with Gasteiger partial charge in [-0.1, -0.05) is 13.8 Å². The quantitative estimate of drug-likeness (QED) is 0.894. The Morgan fingerprint density at radius 1 is 1.43 bits per heavy atom. The molecule has 0 bridgehead atoms. The number of aryl methyl sites for hydroxylation is 1. The van der Waals surface area contributed by atoms with Gasteiger partial charge in [0.05, 0.1) is 6.10 Å². The highest BCUT2D eigenvalue weighted by Gasteiger charge is 2.22. The van der Waals surface area contributed by atoms with Gasteiger partial charge in [-0.05, 0) is 19.8 Å². The molecule has 1 aliphatic rings. The number of aliphatic carboxylic acids is 1. The Balaban J connectivity index is 1.97. The zero-order valence-electron chi connectivity index (χ0n) is 12.9. The molecule has 0 aliphatic carbocycles. The second kappa shape index (κ2) is 6.85. The van der Waals surface area contributed by atoms with E-state index in [9.17, 15) is 4.79 Å². The fraction of sp³-hybridized carbons (Fsp3) is 0.667. The minimum Gasteiger partial charge on any atom is -0.480 e. The van der Waals surface area contributed by atoms with Gasteiger partial charge in [-0.25, -0.2) is 14.8 Å². The van der Waals surface area contributed by atoms with Crippen LogP contribution in [0, 0.1) is 6.92 Å². The molecule has 0 amide bonds. The fourth-order valence-corrected chi connectivity index (χ4v) is 2.44. The number of hydrogen-bond acceptors (Lipinski definition) is 5. The van der Waals surface area contributed by atoms with Gasteiger partial charge in [-0.3, -0.25) is 0 Å². The topological polar surface area (TPSA) is 75.5 Å². The molecule has 0 saturated carbocycles. The van der Waals surface area contributed by atoms with Gasteiger partial charge < -0.3 is 14.7 Å². The number of rotatable bonds is 5. The molecule has 116 valence electrons. The van der Waals surface area contributed by atoms with E-state index in [0.717, 1.165) is 43.3 Å². The molecule has 0 spiro atoms. The number of carboxylic acids is 1. The summed E-state index contributed by atoms with van der Waals surface area (Å²) in [4.78, 5) is 21.8. The third-order valence-electron chi connectivity index (χ3n) is 3.58. The lowest BCUT2D eigenvalue weighted by Crippen LogP contribution is -2.38. The van der Waals surface area contributed by atoms with Crippen molar-refractivity contribution in [2.45, 2.75) is 45.6 Å². The summed E-state index contributed by atoms with van der Waals surface area (Å²) in [6.45, 7) is 7.61. The van der Waals surface area contributed by atoms with Crippen molar-refractivity contribution in [2.24, 2.45) is 0 Å². The van der Waals surface area contributed by atoms with E-state index in [0.29, 0.717) is 5.92 Å². The zero-order valence-corrected chi connectivity index (χ0v) is 12.9. The molecule has 1 fully saturated rings. The van der Waals surface area contributed by atoms with Crippen molar-refractivity contribution in [3.05, 3.63) is 17.6 Å². The molecular weight excluding hydrogens is 270 g/mol. The van der Waals surface area contributed by atoms with Crippen LogP contribution < -0.4 is 4.90 Å². The second-order valence-corrected chi connectivity index (χ2v) is 5.77. The summed E-state index contributed by atoms with van der Waals surface area (Å²) >= 11 is 0. The van der Waals surface area contributed by atoms with Gasteiger partial charge in [0.25, 0.3) is 0 Å². The van der Waals surface area contributed by atoms with E-state index in [1.165, 1.54) is 0 Å². The number of nitrogens with zero attached hydrogens (tertiary/aromatic N) is 3. The van der Waals surface area contributed by atoms with Crippen LogP contribution in [0.3, 0.4) is 0 Å². The highest BCUT2D eigenvalue weighted by molar-refractivity contribution is 5.68. The SMILES string of the molecule is Cc1cc(N2CCC(OCC(=O)O)CC2)nc(C(C)C)n1. The van der Waals surface area contributed by atoms with E-state index in [-0.39, 0.29) is 12.7 Å². The van der Waals surface area contributed by atoms with E-state index in [4.69, 9.17) is 9.84 Å². The van der Waals surface area contributed by atoms with E-state index in [1.807, 2.05) is 13.0 Å². The number of ether oxygens (including phenoxy) is 1. The van der Waals surface area contributed by atoms with Crippen LogP contribution in [0.15, 0.2) is 6.07 Å². The molecule has 1 aromatic rings. The molecule has 6 nitrogen and oxygen atoms in total. The highest BCUT2D eigenvalue weighted by Crippen LogP contribution is 2.22. The number of anilines is 1. The maximum atomic E-state index is 10.5. The first-order valence-corrected chi connectivity index (χ1v) is 7.39. The summed E-state index contributed by atoms with van der Waals surface area (Å²) < 4.78 is 5.36. The lowest BCUT2D eigenvalue weighted by molar-refractivity contribution is -0.144. The molecule has 2 heterocycles. The van der Waals surface area contributed by atoms with Crippen LogP contribution >= 0.6 is 0 Å². The van der Waals surface area contributed by atoms with Crippen molar-refractivity contribution in [3.8, 4) is 0 Å². The summed E-state index contributed by atoms with van der Waals surface area (Å²) in [6, 6.07) is 2.00. The third kappa shape index (κ3) is 4.39. The molecule has 1 saturated heterocycles. The van der Waals surface area contributed by atoms with Gasteiger partial charge >= 0.3 is 5.97 Å². The Bertz CT molecular complexity index is 497. The largest absolute Gasteiger partial charge is 0.480 e. The van der Waals surface area contributed by atoms with E-state index in [2.05, 4.69) is 28.7 Å². The van der Waals surface area contributed by atoms with Crippen LogP contribution in [0.4, 0.5) is 5.82 Å². The normalized spacial score (nSPS) is 16.5. The van der Waals surface area contributed by atoms with Crippen LogP contribution in [0.5, 0.6) is 0 Å². The first-order valence-electron chi connectivity index (χ1n) is 7.39. The smallest absolute Gasteiger partial charge is 0.329 e. The number of carboxylic acid groups (broad SMARTS) is 1. The van der Waals surface area contributed by atoms with Gasteiger partial charge in [0.1, 0.15) is 18.2 Å². The van der Waals surface area contributed by atoms with Crippen LogP contribution in [-0.2, 0) is 9.53 Å². The molecule has 21 heavy (non-hydrogen) atoms. The summed E-state index contributed by atoms with van der Waals surface area (Å²) in [6.07, 6.45) is 1.69. The monoisotopic (exact) mass is 293 g/mol. The van der Waals surface area contributed by atoms with Gasteiger partial charge in [-0.2, -0.15) is 0 Å². The van der Waals surface area contributed by atoms with Crippen molar-refractivity contribution in [1.29, 1.82) is 0 Å². The summed E-state index contributed by atoms with van der Waals surface area (Å²) in [5, 5.41) is 8.63. The van der Waals surface area contributed by atoms with E-state index < -0.39 is 5.97 Å². The lowest BCUT2D eigenvalue weighted by Gasteiger charge is -2.32. The zero-order chi connectivity index (χ0) is 15.4. The number of piperidine rings is 1. The van der Waals surface area contributed by atoms with Crippen LogP contribution in [0.25, 0.3) is 0 Å². The Morgan fingerprint density at radius 2 is 2.10 bits per heavy atom. The average Bonchev–Trinajstić information content (AvgIpc) is 2.45. The maximum Gasteiger partial charge on any atom is 0.329 e. The standard InChI is InChI=1S/C15H23N3O3/c1-10(2)15-16-11(3)8-13(17-15)18-6-4-12(5-7-18)21-9-14(19)20/h8,10,12H,4-7,9H2,1-3H3,(H,19,20). The molecule has 6 heteroatoms. The highest BCUT2D eigenvalue weighted by atomic mass is 16.5. The van der Waals surface area contributed by atoms with Crippen LogP contribution in [0.2, 0.25) is 0 Å². The molecule has 0 aromatic carbocycles. The maximum absolute atomic E-state index is 10.5. The lowest BCUT2D eigenvalue weighted by atomic mass is 10.1. The minimum atomic E-state index is -0.912. The fourth-order valence-electron chi connectivity index (χ4n) is 2.44. The van der Waals surface area contributed by atoms with Crippen LogP contribution in [-0.4, -0.2) is 46.8 Å². The summed E-state index contributed by atoms with van der Waals surface area (Å²) in [5.41, 5.74) is 0.980. The van der Waals surface area contributed by atoms with Gasteiger partial charge in [0.15, 0.2) is 0 Å². The van der Waals surface area contributed by atoms with Gasteiger partial charge in [0, 0.05) is 30.8 Å². The Labute approximate surface area is 125 Å². The van der Waals surface area contributed by atoms with Crippen molar-refractivity contribution in [3.63, 3.8) is 0 Å². The predicted molar refractivity (Wildman–Crippen MR) is 79.7 cm³/mol. The number of hydrogen-bond donors (Lipinski definition) is 1. The second-order valence-electron chi connectivity index (χ2n) is 5.77. The Kier molecular flexibility index (Phi) is 5.12. The molecule has 1 aliphatic heterocycles. The van der Waals surface area contributed by atoms with E-state index >= 15 is 0 Å². The van der Waals surface area contributed by atoms with Gasteiger partial charge in [-0.15, -0.1) is 0 Å². The average molecular weight is 293 g/mol. The first-order chi connectivity index (χ1) is 9.95. The summed E-state index contributed by atoms with van der Waals surface area (Å²) in [5.74, 6) is 1.22. The Hall–Kier alpha value is -1.69. The number of aromatic nitrogens is 2.